The van der Waals surface area contributed by atoms with E-state index in [-0.39, 0.29) is 18.2 Å². The Morgan fingerprint density at radius 2 is 1.90 bits per heavy atom. The van der Waals surface area contributed by atoms with Gasteiger partial charge in [0, 0.05) is 17.8 Å². The molecule has 2 rings (SSSR count). The van der Waals surface area contributed by atoms with E-state index in [1.54, 1.807) is 6.92 Å². The number of anilines is 1. The number of halogens is 3. The van der Waals surface area contributed by atoms with Crippen LogP contribution in [0.15, 0.2) is 12.1 Å². The van der Waals surface area contributed by atoms with Crippen molar-refractivity contribution < 1.29 is 23.1 Å². The lowest BCUT2D eigenvalue weighted by atomic mass is 9.97. The predicted octanol–water partition coefficient (Wildman–Crippen LogP) is 2.39. The molecule has 1 saturated carbocycles. The summed E-state index contributed by atoms with van der Waals surface area (Å²) in [5, 5.41) is 14.1. The zero-order valence-corrected chi connectivity index (χ0v) is 10.8. The Morgan fingerprint density at radius 1 is 1.35 bits per heavy atom. The van der Waals surface area contributed by atoms with E-state index in [2.05, 4.69) is 10.6 Å². The molecule has 0 aliphatic heterocycles. The molecule has 110 valence electrons. The lowest BCUT2D eigenvalue weighted by Gasteiger charge is -2.28. The third-order valence-electron chi connectivity index (χ3n) is 3.45. The molecule has 0 heterocycles. The molecule has 3 N–H and O–H groups in total. The average molecular weight is 288 g/mol. The highest BCUT2D eigenvalue weighted by Crippen LogP contribution is 2.39. The molecule has 7 heteroatoms. The second-order valence-corrected chi connectivity index (χ2v) is 5.18. The minimum Gasteiger partial charge on any atom is -0.394 e. The summed E-state index contributed by atoms with van der Waals surface area (Å²) in [6.45, 7) is 1.45. The maximum absolute atomic E-state index is 13.0. The zero-order valence-electron chi connectivity index (χ0n) is 10.8. The van der Waals surface area contributed by atoms with Crippen LogP contribution in [0.2, 0.25) is 0 Å². The summed E-state index contributed by atoms with van der Waals surface area (Å²) in [6.07, 6.45) is 1.80. The van der Waals surface area contributed by atoms with E-state index in [0.717, 1.165) is 12.8 Å². The third-order valence-corrected chi connectivity index (χ3v) is 3.45. The first kappa shape index (κ1) is 14.6. The number of carbonyl (C=O) groups is 1. The molecule has 1 atom stereocenters. The summed E-state index contributed by atoms with van der Waals surface area (Å²) in [6, 6.07) is 0.662. The molecule has 1 aromatic carbocycles. The number of rotatable bonds is 4. The SMILES string of the molecule is CC(CO)(NC(=O)Nc1cc(F)c(F)c(F)c1)C1CC1. The van der Waals surface area contributed by atoms with Crippen LogP contribution >= 0.6 is 0 Å². The van der Waals surface area contributed by atoms with Gasteiger partial charge in [-0.05, 0) is 25.7 Å². The Kier molecular flexibility index (Phi) is 3.89. The van der Waals surface area contributed by atoms with Gasteiger partial charge in [0.2, 0.25) is 0 Å². The molecule has 0 saturated heterocycles. The molecular formula is C13H15F3N2O2. The van der Waals surface area contributed by atoms with Gasteiger partial charge in [0.15, 0.2) is 17.5 Å². The molecular weight excluding hydrogens is 273 g/mol. The van der Waals surface area contributed by atoms with Crippen molar-refractivity contribution in [3.05, 3.63) is 29.6 Å². The summed E-state index contributed by atoms with van der Waals surface area (Å²) < 4.78 is 38.8. The van der Waals surface area contributed by atoms with Gasteiger partial charge in [-0.15, -0.1) is 0 Å². The van der Waals surface area contributed by atoms with Crippen molar-refractivity contribution in [1.82, 2.24) is 5.32 Å². The van der Waals surface area contributed by atoms with Crippen LogP contribution in [-0.2, 0) is 0 Å². The van der Waals surface area contributed by atoms with Crippen molar-refractivity contribution in [1.29, 1.82) is 0 Å². The molecule has 2 amide bonds. The maximum Gasteiger partial charge on any atom is 0.319 e. The van der Waals surface area contributed by atoms with Gasteiger partial charge in [0.25, 0.3) is 0 Å². The Balaban J connectivity index is 2.04. The number of carbonyl (C=O) groups excluding carboxylic acids is 1. The second kappa shape index (κ2) is 5.32. The van der Waals surface area contributed by atoms with Crippen molar-refractivity contribution in [2.24, 2.45) is 5.92 Å². The highest BCUT2D eigenvalue weighted by atomic mass is 19.2. The number of aliphatic hydroxyl groups excluding tert-OH is 1. The molecule has 4 nitrogen and oxygen atoms in total. The molecule has 1 aliphatic carbocycles. The third kappa shape index (κ3) is 3.04. The standard InChI is InChI=1S/C13H15F3N2O2/c1-13(6-19,7-2-3-7)18-12(20)17-8-4-9(14)11(16)10(15)5-8/h4-5,7,19H,2-3,6H2,1H3,(H2,17,18,20). The van der Waals surface area contributed by atoms with Gasteiger partial charge in [0.05, 0.1) is 12.1 Å². The number of amides is 2. The van der Waals surface area contributed by atoms with Crippen LogP contribution in [0.25, 0.3) is 0 Å². The van der Waals surface area contributed by atoms with Gasteiger partial charge in [-0.2, -0.15) is 0 Å². The highest BCUT2D eigenvalue weighted by molar-refractivity contribution is 5.89. The number of nitrogens with one attached hydrogen (secondary N) is 2. The van der Waals surface area contributed by atoms with E-state index < -0.39 is 29.0 Å². The number of hydrogen-bond donors (Lipinski definition) is 3. The zero-order chi connectivity index (χ0) is 14.9. The fourth-order valence-electron chi connectivity index (χ4n) is 2.04. The molecule has 1 fully saturated rings. The van der Waals surface area contributed by atoms with Gasteiger partial charge in [-0.25, -0.2) is 18.0 Å². The Labute approximate surface area is 114 Å². The van der Waals surface area contributed by atoms with Gasteiger partial charge >= 0.3 is 6.03 Å². The fourth-order valence-corrected chi connectivity index (χ4v) is 2.04. The summed E-state index contributed by atoms with van der Waals surface area (Å²) in [4.78, 5) is 11.8. The fraction of sp³-hybridized carbons (Fsp3) is 0.462. The minimum atomic E-state index is -1.59. The first-order chi connectivity index (χ1) is 9.35. The second-order valence-electron chi connectivity index (χ2n) is 5.18. The molecule has 1 aromatic rings. The van der Waals surface area contributed by atoms with E-state index in [0.29, 0.717) is 12.1 Å². The maximum atomic E-state index is 13.0. The van der Waals surface area contributed by atoms with Crippen LogP contribution in [0.4, 0.5) is 23.7 Å². The van der Waals surface area contributed by atoms with E-state index in [1.165, 1.54) is 0 Å². The topological polar surface area (TPSA) is 61.4 Å². The van der Waals surface area contributed by atoms with Gasteiger partial charge in [-0.3, -0.25) is 0 Å². The largest absolute Gasteiger partial charge is 0.394 e. The monoisotopic (exact) mass is 288 g/mol. The molecule has 1 aliphatic rings. The molecule has 0 aromatic heterocycles. The predicted molar refractivity (Wildman–Crippen MR) is 66.7 cm³/mol. The van der Waals surface area contributed by atoms with Crippen molar-refractivity contribution in [3.8, 4) is 0 Å². The quantitative estimate of drug-likeness (QED) is 0.745. The van der Waals surface area contributed by atoms with E-state index in [4.69, 9.17) is 0 Å². The summed E-state index contributed by atoms with van der Waals surface area (Å²) in [7, 11) is 0. The molecule has 0 bridgehead atoms. The lowest BCUT2D eigenvalue weighted by Crippen LogP contribution is -2.52. The molecule has 1 unspecified atom stereocenters. The Morgan fingerprint density at radius 3 is 2.35 bits per heavy atom. The van der Waals surface area contributed by atoms with Crippen LogP contribution in [0.1, 0.15) is 19.8 Å². The number of hydrogen-bond acceptors (Lipinski definition) is 2. The van der Waals surface area contributed by atoms with Crippen LogP contribution in [0.3, 0.4) is 0 Å². The number of aliphatic hydroxyl groups is 1. The van der Waals surface area contributed by atoms with E-state index in [1.807, 2.05) is 0 Å². The average Bonchev–Trinajstić information content (AvgIpc) is 3.20. The van der Waals surface area contributed by atoms with Crippen LogP contribution < -0.4 is 10.6 Å². The van der Waals surface area contributed by atoms with Crippen LogP contribution in [0, 0.1) is 23.4 Å². The Hall–Kier alpha value is -1.76. The smallest absolute Gasteiger partial charge is 0.319 e. The first-order valence-electron chi connectivity index (χ1n) is 6.20. The number of benzene rings is 1. The van der Waals surface area contributed by atoms with Crippen molar-refractivity contribution in [3.63, 3.8) is 0 Å². The molecule has 0 spiro atoms. The van der Waals surface area contributed by atoms with Crippen molar-refractivity contribution in [2.75, 3.05) is 11.9 Å². The van der Waals surface area contributed by atoms with Crippen LogP contribution in [-0.4, -0.2) is 23.3 Å². The highest BCUT2D eigenvalue weighted by Gasteiger charge is 2.42. The molecule has 20 heavy (non-hydrogen) atoms. The molecule has 0 radical (unpaired) electrons. The lowest BCUT2D eigenvalue weighted by molar-refractivity contribution is 0.159. The van der Waals surface area contributed by atoms with Gasteiger partial charge in [-0.1, -0.05) is 0 Å². The normalized spacial score (nSPS) is 17.4. The van der Waals surface area contributed by atoms with Crippen molar-refractivity contribution in [2.45, 2.75) is 25.3 Å². The minimum absolute atomic E-state index is 0.181. The summed E-state index contributed by atoms with van der Waals surface area (Å²) in [5.74, 6) is -4.17. The van der Waals surface area contributed by atoms with E-state index in [9.17, 15) is 23.1 Å². The van der Waals surface area contributed by atoms with Crippen LogP contribution in [0.5, 0.6) is 0 Å². The van der Waals surface area contributed by atoms with Crippen molar-refractivity contribution >= 4 is 11.7 Å². The first-order valence-corrected chi connectivity index (χ1v) is 6.20. The Bertz CT molecular complexity index is 511. The van der Waals surface area contributed by atoms with Gasteiger partial charge < -0.3 is 15.7 Å². The van der Waals surface area contributed by atoms with Gasteiger partial charge in [0.1, 0.15) is 0 Å². The summed E-state index contributed by atoms with van der Waals surface area (Å²) >= 11 is 0. The van der Waals surface area contributed by atoms with E-state index >= 15 is 0 Å². The summed E-state index contributed by atoms with van der Waals surface area (Å²) in [5.41, 5.74) is -0.976. The number of urea groups is 1.